The molecule has 0 saturated heterocycles. The van der Waals surface area contributed by atoms with Crippen molar-refractivity contribution in [3.8, 4) is 0 Å². The molecule has 0 bridgehead atoms. The summed E-state index contributed by atoms with van der Waals surface area (Å²) in [6.45, 7) is 2.24. The molecule has 0 spiro atoms. The van der Waals surface area contributed by atoms with E-state index in [0.29, 0.717) is 5.92 Å². The van der Waals surface area contributed by atoms with Crippen molar-refractivity contribution in [3.05, 3.63) is 102 Å². The van der Waals surface area contributed by atoms with Crippen LogP contribution in [0.2, 0.25) is 0 Å². The summed E-state index contributed by atoms with van der Waals surface area (Å²) >= 11 is 0. The molecule has 0 N–H and O–H groups in total. The zero-order chi connectivity index (χ0) is 17.4. The number of rotatable bonds is 3. The lowest BCUT2D eigenvalue weighted by Crippen LogP contribution is -1.94. The first-order valence-corrected chi connectivity index (χ1v) is 9.89. The van der Waals surface area contributed by atoms with Gasteiger partial charge in [-0.05, 0) is 23.3 Å². The fourth-order valence-electron chi connectivity index (χ4n) is 2.26. The minimum atomic E-state index is -3.53. The molecule has 0 saturated carbocycles. The minimum Gasteiger partial charge on any atom is -0.207 e. The summed E-state index contributed by atoms with van der Waals surface area (Å²) in [7, 11) is 1.50. The lowest BCUT2D eigenvalue weighted by Gasteiger charge is -2.11. The van der Waals surface area contributed by atoms with Crippen LogP contribution in [0.15, 0.2) is 95.9 Å². The lowest BCUT2D eigenvalue weighted by atomic mass is 9.93. The highest BCUT2D eigenvalue weighted by atomic mass is 35.7. The minimum absolute atomic E-state index is 0.136. The van der Waals surface area contributed by atoms with E-state index in [2.05, 4.69) is 67.6 Å². The van der Waals surface area contributed by atoms with Crippen molar-refractivity contribution in [2.45, 2.75) is 17.7 Å². The summed E-state index contributed by atoms with van der Waals surface area (Å²) in [5.74, 6) is 0.484. The van der Waals surface area contributed by atoms with Gasteiger partial charge >= 0.3 is 0 Å². The molecule has 124 valence electrons. The van der Waals surface area contributed by atoms with Crippen LogP contribution >= 0.6 is 10.7 Å². The third-order valence-corrected chi connectivity index (χ3v) is 4.99. The normalized spacial score (nSPS) is 10.8. The molecule has 3 rings (SSSR count). The predicted octanol–water partition coefficient (Wildman–Crippen LogP) is 5.45. The van der Waals surface area contributed by atoms with Crippen molar-refractivity contribution in [1.29, 1.82) is 0 Å². The molecular formula is C20H19ClO2S. The molecule has 0 radical (unpaired) electrons. The van der Waals surface area contributed by atoms with Crippen LogP contribution in [0.1, 0.15) is 24.0 Å². The van der Waals surface area contributed by atoms with Crippen molar-refractivity contribution >= 4 is 19.7 Å². The van der Waals surface area contributed by atoms with E-state index in [0.717, 1.165) is 0 Å². The first kappa shape index (κ1) is 18.2. The maximum absolute atomic E-state index is 10.6. The maximum Gasteiger partial charge on any atom is 0.261 e. The van der Waals surface area contributed by atoms with Gasteiger partial charge in [0.15, 0.2) is 0 Å². The van der Waals surface area contributed by atoms with Crippen molar-refractivity contribution < 1.29 is 8.42 Å². The van der Waals surface area contributed by atoms with E-state index in [-0.39, 0.29) is 4.90 Å². The van der Waals surface area contributed by atoms with Gasteiger partial charge in [-0.1, -0.05) is 85.8 Å². The Labute approximate surface area is 148 Å². The summed E-state index contributed by atoms with van der Waals surface area (Å²) in [6.07, 6.45) is 0. The van der Waals surface area contributed by atoms with Crippen LogP contribution in [0, 0.1) is 0 Å². The van der Waals surface area contributed by atoms with Gasteiger partial charge < -0.3 is 0 Å². The van der Waals surface area contributed by atoms with Crippen LogP contribution in [0.4, 0.5) is 0 Å². The van der Waals surface area contributed by atoms with E-state index in [1.807, 2.05) is 0 Å². The Kier molecular flexibility index (Phi) is 6.59. The third kappa shape index (κ3) is 5.52. The first-order chi connectivity index (χ1) is 11.5. The van der Waals surface area contributed by atoms with Gasteiger partial charge in [0, 0.05) is 16.6 Å². The molecule has 24 heavy (non-hydrogen) atoms. The molecule has 3 aromatic carbocycles. The van der Waals surface area contributed by atoms with Crippen LogP contribution in [0.5, 0.6) is 0 Å². The molecule has 0 fully saturated rings. The van der Waals surface area contributed by atoms with Gasteiger partial charge in [0.25, 0.3) is 9.05 Å². The van der Waals surface area contributed by atoms with E-state index in [1.54, 1.807) is 18.2 Å². The molecule has 0 aromatic heterocycles. The van der Waals surface area contributed by atoms with E-state index in [9.17, 15) is 8.42 Å². The number of halogens is 1. The highest BCUT2D eigenvalue weighted by Gasteiger charge is 2.07. The smallest absolute Gasteiger partial charge is 0.207 e. The van der Waals surface area contributed by atoms with Gasteiger partial charge in [-0.25, -0.2) is 8.42 Å². The van der Waals surface area contributed by atoms with Crippen molar-refractivity contribution in [1.82, 2.24) is 0 Å². The van der Waals surface area contributed by atoms with Crippen LogP contribution in [-0.4, -0.2) is 8.42 Å². The summed E-state index contributed by atoms with van der Waals surface area (Å²) in [5, 5.41) is 0. The van der Waals surface area contributed by atoms with Crippen molar-refractivity contribution in [2.75, 3.05) is 0 Å². The van der Waals surface area contributed by atoms with Crippen LogP contribution in [-0.2, 0) is 9.05 Å². The third-order valence-electron chi connectivity index (χ3n) is 3.62. The Bertz CT molecular complexity index is 793. The monoisotopic (exact) mass is 358 g/mol. The number of hydrogen-bond donors (Lipinski definition) is 0. The predicted molar refractivity (Wildman–Crippen MR) is 99.9 cm³/mol. The second-order valence-electron chi connectivity index (χ2n) is 5.29. The Hall–Kier alpha value is -2.10. The Morgan fingerprint density at radius 2 is 1.00 bits per heavy atom. The highest BCUT2D eigenvalue weighted by molar-refractivity contribution is 8.13. The molecule has 0 aliphatic rings. The van der Waals surface area contributed by atoms with Crippen LogP contribution in [0.3, 0.4) is 0 Å². The zero-order valence-electron chi connectivity index (χ0n) is 13.3. The molecule has 0 amide bonds. The molecule has 3 aromatic rings. The van der Waals surface area contributed by atoms with Crippen LogP contribution < -0.4 is 0 Å². The zero-order valence-corrected chi connectivity index (χ0v) is 14.9. The lowest BCUT2D eigenvalue weighted by molar-refractivity contribution is 0.609. The van der Waals surface area contributed by atoms with Gasteiger partial charge in [0.05, 0.1) is 4.90 Å². The molecule has 0 aliphatic carbocycles. The summed E-state index contributed by atoms with van der Waals surface area (Å²) in [6, 6.07) is 29.1. The molecule has 0 heterocycles. The van der Waals surface area contributed by atoms with E-state index < -0.39 is 9.05 Å². The average Bonchev–Trinajstić information content (AvgIpc) is 2.63. The van der Waals surface area contributed by atoms with E-state index >= 15 is 0 Å². The SMILES string of the molecule is CC(c1ccccc1)c1ccccc1.O=S(=O)(Cl)c1ccccc1. The molecular weight excluding hydrogens is 340 g/mol. The maximum atomic E-state index is 10.6. The topological polar surface area (TPSA) is 34.1 Å². The van der Waals surface area contributed by atoms with E-state index in [1.165, 1.54) is 23.3 Å². The summed E-state index contributed by atoms with van der Waals surface area (Å²) in [4.78, 5) is 0.136. The Morgan fingerprint density at radius 1 is 0.667 bits per heavy atom. The highest BCUT2D eigenvalue weighted by Crippen LogP contribution is 2.22. The molecule has 2 nitrogen and oxygen atoms in total. The van der Waals surface area contributed by atoms with Gasteiger partial charge in [0.2, 0.25) is 0 Å². The second-order valence-corrected chi connectivity index (χ2v) is 7.86. The molecule has 0 unspecified atom stereocenters. The van der Waals surface area contributed by atoms with Gasteiger partial charge in [-0.15, -0.1) is 0 Å². The van der Waals surface area contributed by atoms with Crippen LogP contribution in [0.25, 0.3) is 0 Å². The largest absolute Gasteiger partial charge is 0.261 e. The molecule has 0 aliphatic heterocycles. The van der Waals surface area contributed by atoms with Gasteiger partial charge in [0.1, 0.15) is 0 Å². The molecule has 4 heteroatoms. The number of hydrogen-bond acceptors (Lipinski definition) is 2. The fraction of sp³-hybridized carbons (Fsp3) is 0.100. The van der Waals surface area contributed by atoms with Crippen molar-refractivity contribution in [2.24, 2.45) is 0 Å². The standard InChI is InChI=1S/C14H14.C6H5ClO2S/c1-12(13-8-4-2-5-9-13)14-10-6-3-7-11-14;7-10(8,9)6-4-2-1-3-5-6/h2-12H,1H3;1-5H. The Morgan fingerprint density at radius 3 is 1.29 bits per heavy atom. The summed E-state index contributed by atoms with van der Waals surface area (Å²) in [5.41, 5.74) is 2.75. The van der Waals surface area contributed by atoms with E-state index in [4.69, 9.17) is 10.7 Å². The number of benzene rings is 3. The van der Waals surface area contributed by atoms with Crippen molar-refractivity contribution in [3.63, 3.8) is 0 Å². The summed E-state index contributed by atoms with van der Waals surface area (Å²) < 4.78 is 21.2. The first-order valence-electron chi connectivity index (χ1n) is 7.58. The molecule has 0 atom stereocenters. The van der Waals surface area contributed by atoms with Gasteiger partial charge in [-0.2, -0.15) is 0 Å². The van der Waals surface area contributed by atoms with Gasteiger partial charge in [-0.3, -0.25) is 0 Å². The quantitative estimate of drug-likeness (QED) is 0.583. The fourth-order valence-corrected chi connectivity index (χ4v) is 3.05. The average molecular weight is 359 g/mol. The second kappa shape index (κ2) is 8.67. The Balaban J connectivity index is 0.000000185.